The molecule has 142 valence electrons. The summed E-state index contributed by atoms with van der Waals surface area (Å²) in [6, 6.07) is 7.91. The van der Waals surface area contributed by atoms with Gasteiger partial charge in [0.25, 0.3) is 11.6 Å². The number of amides is 1. The molecule has 0 aliphatic heterocycles. The molecule has 1 heterocycles. The maximum absolute atomic E-state index is 11.9. The normalized spacial score (nSPS) is 10.7. The molecule has 0 unspecified atom stereocenters. The van der Waals surface area contributed by atoms with Gasteiger partial charge in [0.05, 0.1) is 22.3 Å². The predicted molar refractivity (Wildman–Crippen MR) is 106 cm³/mol. The second-order valence-corrected chi connectivity index (χ2v) is 6.06. The highest BCUT2D eigenvalue weighted by Crippen LogP contribution is 2.25. The highest BCUT2D eigenvalue weighted by Gasteiger charge is 2.16. The third-order valence-corrected chi connectivity index (χ3v) is 3.92. The second-order valence-electron chi connectivity index (χ2n) is 5.31. The minimum atomic E-state index is -0.507. The molecule has 1 aromatic carbocycles. The van der Waals surface area contributed by atoms with Crippen molar-refractivity contribution < 1.29 is 9.72 Å². The van der Waals surface area contributed by atoms with E-state index in [9.17, 15) is 14.9 Å². The largest absolute Gasteiger partial charge is 0.369 e. The Kier molecular flexibility index (Phi) is 7.97. The van der Waals surface area contributed by atoms with E-state index in [1.165, 1.54) is 18.5 Å². The first-order chi connectivity index (χ1) is 13.1. The van der Waals surface area contributed by atoms with Crippen molar-refractivity contribution in [3.05, 3.63) is 64.0 Å². The lowest BCUT2D eigenvalue weighted by Gasteiger charge is -2.22. The number of nitrogens with zero attached hydrogens (tertiary/aromatic N) is 4. The van der Waals surface area contributed by atoms with Crippen molar-refractivity contribution in [2.24, 2.45) is 5.10 Å². The van der Waals surface area contributed by atoms with Crippen LogP contribution in [-0.4, -0.2) is 46.9 Å². The number of aromatic nitrogens is 1. The molecule has 0 saturated carbocycles. The quantitative estimate of drug-likeness (QED) is 0.296. The number of hydrogen-bond acceptors (Lipinski definition) is 6. The van der Waals surface area contributed by atoms with Crippen molar-refractivity contribution >= 4 is 46.7 Å². The van der Waals surface area contributed by atoms with Crippen LogP contribution in [0.25, 0.3) is 0 Å². The highest BCUT2D eigenvalue weighted by molar-refractivity contribution is 6.18. The van der Waals surface area contributed by atoms with E-state index in [4.69, 9.17) is 23.2 Å². The molecule has 0 aliphatic carbocycles. The zero-order valence-corrected chi connectivity index (χ0v) is 15.7. The molecule has 0 spiro atoms. The number of nitrogens with one attached hydrogen (secondary N) is 1. The molecule has 0 bridgehead atoms. The molecule has 10 heteroatoms. The zero-order valence-electron chi connectivity index (χ0n) is 14.2. The maximum Gasteiger partial charge on any atom is 0.280 e. The van der Waals surface area contributed by atoms with Crippen LogP contribution in [0.3, 0.4) is 0 Å². The molecule has 2 rings (SSSR count). The number of hydrazone groups is 1. The van der Waals surface area contributed by atoms with Crippen LogP contribution in [-0.2, 0) is 0 Å². The fourth-order valence-corrected chi connectivity index (χ4v) is 2.70. The molecule has 0 radical (unpaired) electrons. The third kappa shape index (κ3) is 5.90. The number of nitro benzene ring substituents is 1. The summed E-state index contributed by atoms with van der Waals surface area (Å²) in [5.41, 5.74) is 3.40. The van der Waals surface area contributed by atoms with E-state index in [1.807, 2.05) is 4.90 Å². The SMILES string of the molecule is O=C(N/N=C\c1ccc(N(CCCl)CCCl)cc1[N+](=O)[O-])c1cccnc1. The number of hydrogen-bond donors (Lipinski definition) is 1. The molecule has 27 heavy (non-hydrogen) atoms. The monoisotopic (exact) mass is 409 g/mol. The molecule has 1 N–H and O–H groups in total. The van der Waals surface area contributed by atoms with E-state index < -0.39 is 10.8 Å². The average molecular weight is 410 g/mol. The molecule has 1 aromatic heterocycles. The Morgan fingerprint density at radius 1 is 1.30 bits per heavy atom. The van der Waals surface area contributed by atoms with Gasteiger partial charge in [0.15, 0.2) is 0 Å². The number of carbonyl (C=O) groups excluding carboxylic acids is 1. The molecule has 0 atom stereocenters. The number of halogens is 2. The molecule has 0 aliphatic rings. The highest BCUT2D eigenvalue weighted by atomic mass is 35.5. The minimum Gasteiger partial charge on any atom is -0.369 e. The lowest BCUT2D eigenvalue weighted by molar-refractivity contribution is -0.384. The van der Waals surface area contributed by atoms with Crippen molar-refractivity contribution in [2.45, 2.75) is 0 Å². The number of alkyl halides is 2. The van der Waals surface area contributed by atoms with Crippen LogP contribution >= 0.6 is 23.2 Å². The van der Waals surface area contributed by atoms with Crippen molar-refractivity contribution in [1.29, 1.82) is 0 Å². The molecular formula is C17H17Cl2N5O3. The van der Waals surface area contributed by atoms with E-state index in [2.05, 4.69) is 15.5 Å². The van der Waals surface area contributed by atoms with Gasteiger partial charge < -0.3 is 4.90 Å². The van der Waals surface area contributed by atoms with Crippen LogP contribution in [0, 0.1) is 10.1 Å². The van der Waals surface area contributed by atoms with Crippen LogP contribution < -0.4 is 10.3 Å². The Morgan fingerprint density at radius 2 is 2.04 bits per heavy atom. The van der Waals surface area contributed by atoms with Gasteiger partial charge in [-0.2, -0.15) is 5.10 Å². The Bertz CT molecular complexity index is 811. The van der Waals surface area contributed by atoms with Gasteiger partial charge in [0.2, 0.25) is 0 Å². The number of nitro groups is 1. The topological polar surface area (TPSA) is 101 Å². The molecular weight excluding hydrogens is 393 g/mol. The Labute approximate surface area is 165 Å². The fourth-order valence-electron chi connectivity index (χ4n) is 2.29. The first-order valence-corrected chi connectivity index (χ1v) is 9.02. The molecule has 0 fully saturated rings. The van der Waals surface area contributed by atoms with Crippen LogP contribution in [0.15, 0.2) is 47.8 Å². The molecule has 2 aromatic rings. The lowest BCUT2D eigenvalue weighted by Crippen LogP contribution is -2.27. The Hall–Kier alpha value is -2.71. The smallest absolute Gasteiger partial charge is 0.280 e. The van der Waals surface area contributed by atoms with Gasteiger partial charge in [0, 0.05) is 49.0 Å². The van der Waals surface area contributed by atoms with Crippen LogP contribution in [0.2, 0.25) is 0 Å². The van der Waals surface area contributed by atoms with Crippen LogP contribution in [0.4, 0.5) is 11.4 Å². The summed E-state index contributed by atoms with van der Waals surface area (Å²) in [6.45, 7) is 1.03. The second kappa shape index (κ2) is 10.4. The fraction of sp³-hybridized carbons (Fsp3) is 0.235. The summed E-state index contributed by atoms with van der Waals surface area (Å²) < 4.78 is 0. The first-order valence-electron chi connectivity index (χ1n) is 7.95. The Morgan fingerprint density at radius 3 is 2.63 bits per heavy atom. The molecule has 0 saturated heterocycles. The Balaban J connectivity index is 2.18. The third-order valence-electron chi connectivity index (χ3n) is 3.58. The van der Waals surface area contributed by atoms with E-state index in [1.54, 1.807) is 30.5 Å². The summed E-state index contributed by atoms with van der Waals surface area (Å²) in [5, 5.41) is 15.2. The summed E-state index contributed by atoms with van der Waals surface area (Å²) in [5.74, 6) is 0.275. The number of carbonyl (C=O) groups is 1. The lowest BCUT2D eigenvalue weighted by atomic mass is 10.1. The van der Waals surface area contributed by atoms with Crippen molar-refractivity contribution in [2.75, 3.05) is 29.7 Å². The van der Waals surface area contributed by atoms with Gasteiger partial charge in [-0.25, -0.2) is 5.43 Å². The summed E-state index contributed by atoms with van der Waals surface area (Å²) in [6.07, 6.45) is 4.16. The predicted octanol–water partition coefficient (Wildman–Crippen LogP) is 3.04. The number of benzene rings is 1. The molecule has 8 nitrogen and oxygen atoms in total. The van der Waals surface area contributed by atoms with Crippen LogP contribution in [0.5, 0.6) is 0 Å². The molecule has 1 amide bonds. The van der Waals surface area contributed by atoms with Crippen molar-refractivity contribution in [3.63, 3.8) is 0 Å². The summed E-state index contributed by atoms with van der Waals surface area (Å²) in [4.78, 5) is 28.5. The van der Waals surface area contributed by atoms with Gasteiger partial charge in [-0.05, 0) is 24.3 Å². The minimum absolute atomic E-state index is 0.138. The van der Waals surface area contributed by atoms with Crippen molar-refractivity contribution in [3.8, 4) is 0 Å². The van der Waals surface area contributed by atoms with Gasteiger partial charge in [-0.1, -0.05) is 0 Å². The summed E-state index contributed by atoms with van der Waals surface area (Å²) in [7, 11) is 0. The average Bonchev–Trinajstić information content (AvgIpc) is 2.68. The number of rotatable bonds is 9. The zero-order chi connectivity index (χ0) is 19.6. The van der Waals surface area contributed by atoms with Gasteiger partial charge in [-0.15, -0.1) is 23.2 Å². The van der Waals surface area contributed by atoms with E-state index in [0.717, 1.165) is 0 Å². The van der Waals surface area contributed by atoms with Gasteiger partial charge in [0.1, 0.15) is 0 Å². The van der Waals surface area contributed by atoms with Gasteiger partial charge >= 0.3 is 0 Å². The van der Waals surface area contributed by atoms with Crippen molar-refractivity contribution in [1.82, 2.24) is 10.4 Å². The summed E-state index contributed by atoms with van der Waals surface area (Å²) >= 11 is 11.6. The van der Waals surface area contributed by atoms with E-state index >= 15 is 0 Å². The standard InChI is InChI=1S/C17H17Cl2N5O3/c18-5-8-23(9-6-19)15-4-3-13(16(10-15)24(26)27)12-21-22-17(25)14-2-1-7-20-11-14/h1-4,7,10-12H,5-6,8-9H2,(H,22,25)/b21-12-. The van der Waals surface area contributed by atoms with Crippen LogP contribution in [0.1, 0.15) is 15.9 Å². The van der Waals surface area contributed by atoms with E-state index in [-0.39, 0.29) is 11.3 Å². The maximum atomic E-state index is 11.9. The first kappa shape index (κ1) is 20.6. The van der Waals surface area contributed by atoms with Gasteiger partial charge in [-0.3, -0.25) is 19.9 Å². The van der Waals surface area contributed by atoms with E-state index in [0.29, 0.717) is 36.1 Å². The number of anilines is 1. The number of pyridine rings is 1.